The highest BCUT2D eigenvalue weighted by Gasteiger charge is 2.43. The minimum Gasteiger partial charge on any atom is -0.481 e. The summed E-state index contributed by atoms with van der Waals surface area (Å²) >= 11 is 0. The third kappa shape index (κ3) is 3.92. The van der Waals surface area contributed by atoms with Crippen LogP contribution in [0.1, 0.15) is 56.1 Å². The predicted octanol–water partition coefficient (Wildman–Crippen LogP) is 3.52. The Balaban J connectivity index is 2.22. The molecule has 0 unspecified atom stereocenters. The number of likely N-dealkylation sites (N-methyl/N-ethyl adjacent to an activating group) is 1. The molecule has 0 aromatic heterocycles. The van der Waals surface area contributed by atoms with E-state index in [-0.39, 0.29) is 12.3 Å². The van der Waals surface area contributed by atoms with E-state index in [2.05, 4.69) is 19.1 Å². The lowest BCUT2D eigenvalue weighted by molar-refractivity contribution is -0.140. The number of hydrogen-bond acceptors (Lipinski definition) is 2. The van der Waals surface area contributed by atoms with Gasteiger partial charge in [-0.3, -0.25) is 9.59 Å². The molecule has 126 valence electrons. The molecule has 2 rings (SSSR count). The molecule has 4 heteroatoms. The minimum absolute atomic E-state index is 0.106. The summed E-state index contributed by atoms with van der Waals surface area (Å²) in [6.45, 7) is 2.57. The summed E-state index contributed by atoms with van der Waals surface area (Å²) in [6.07, 6.45) is 5.71. The van der Waals surface area contributed by atoms with Gasteiger partial charge >= 0.3 is 5.97 Å². The molecular weight excluding hydrogens is 290 g/mol. The highest BCUT2D eigenvalue weighted by Crippen LogP contribution is 2.42. The van der Waals surface area contributed by atoms with E-state index in [0.717, 1.165) is 31.2 Å². The summed E-state index contributed by atoms with van der Waals surface area (Å²) in [7, 11) is 1.80. The van der Waals surface area contributed by atoms with Crippen molar-refractivity contribution in [1.29, 1.82) is 0 Å². The zero-order valence-electron chi connectivity index (χ0n) is 14.2. The molecule has 1 aliphatic rings. The first kappa shape index (κ1) is 17.5. The van der Waals surface area contributed by atoms with Gasteiger partial charge in [-0.15, -0.1) is 0 Å². The van der Waals surface area contributed by atoms with Gasteiger partial charge in [0.2, 0.25) is 5.91 Å². The van der Waals surface area contributed by atoms with E-state index in [9.17, 15) is 9.59 Å². The fourth-order valence-corrected chi connectivity index (χ4v) is 3.80. The lowest BCUT2D eigenvalue weighted by Gasteiger charge is -2.40. The standard InChI is InChI=1S/C19H27NO3/c1-15-9-4-5-10-16(15)19(12-6-3-7-13-19)18(23)20(2)14-8-11-17(21)22/h4-5,9-10H,3,6-8,11-14H2,1-2H3,(H,21,22). The molecule has 1 fully saturated rings. The number of carbonyl (C=O) groups excluding carboxylic acids is 1. The molecule has 0 atom stereocenters. The number of aliphatic carboxylic acids is 1. The van der Waals surface area contributed by atoms with E-state index < -0.39 is 11.4 Å². The molecular formula is C19H27NO3. The Morgan fingerprint density at radius 2 is 1.83 bits per heavy atom. The van der Waals surface area contributed by atoms with Crippen molar-refractivity contribution >= 4 is 11.9 Å². The second-order valence-electron chi connectivity index (χ2n) is 6.68. The van der Waals surface area contributed by atoms with Crippen LogP contribution in [0.5, 0.6) is 0 Å². The molecule has 0 aliphatic heterocycles. The first-order valence-electron chi connectivity index (χ1n) is 8.51. The zero-order chi connectivity index (χ0) is 16.9. The van der Waals surface area contributed by atoms with E-state index in [1.165, 1.54) is 12.0 Å². The van der Waals surface area contributed by atoms with Gasteiger partial charge in [-0.2, -0.15) is 0 Å². The van der Waals surface area contributed by atoms with Gasteiger partial charge in [-0.25, -0.2) is 0 Å². The molecule has 0 bridgehead atoms. The topological polar surface area (TPSA) is 57.6 Å². The summed E-state index contributed by atoms with van der Waals surface area (Å²) in [6, 6.07) is 8.18. The van der Waals surface area contributed by atoms with Crippen LogP contribution < -0.4 is 0 Å². The van der Waals surface area contributed by atoms with Crippen LogP contribution >= 0.6 is 0 Å². The highest BCUT2D eigenvalue weighted by molar-refractivity contribution is 5.88. The average molecular weight is 317 g/mol. The molecule has 1 saturated carbocycles. The SMILES string of the molecule is Cc1ccccc1C1(C(=O)N(C)CCCC(=O)O)CCCCC1. The van der Waals surface area contributed by atoms with E-state index in [4.69, 9.17) is 5.11 Å². The van der Waals surface area contributed by atoms with Gasteiger partial charge in [0.05, 0.1) is 5.41 Å². The molecule has 0 spiro atoms. The summed E-state index contributed by atoms with van der Waals surface area (Å²) in [4.78, 5) is 25.6. The maximum Gasteiger partial charge on any atom is 0.303 e. The molecule has 1 amide bonds. The summed E-state index contributed by atoms with van der Waals surface area (Å²) < 4.78 is 0. The summed E-state index contributed by atoms with van der Waals surface area (Å²) in [5.74, 6) is -0.658. The average Bonchev–Trinajstić information content (AvgIpc) is 2.54. The first-order chi connectivity index (χ1) is 11.0. The quantitative estimate of drug-likeness (QED) is 0.873. The molecule has 4 nitrogen and oxygen atoms in total. The van der Waals surface area contributed by atoms with Gasteiger partial charge in [0.1, 0.15) is 0 Å². The minimum atomic E-state index is -0.808. The van der Waals surface area contributed by atoms with E-state index in [0.29, 0.717) is 13.0 Å². The normalized spacial score (nSPS) is 16.8. The Morgan fingerprint density at radius 3 is 2.43 bits per heavy atom. The molecule has 23 heavy (non-hydrogen) atoms. The number of rotatable bonds is 6. The molecule has 1 aromatic rings. The van der Waals surface area contributed by atoms with E-state index in [1.807, 2.05) is 12.1 Å². The van der Waals surface area contributed by atoms with Gasteiger partial charge in [0.25, 0.3) is 0 Å². The summed E-state index contributed by atoms with van der Waals surface area (Å²) in [5.41, 5.74) is 1.89. The van der Waals surface area contributed by atoms with Crippen molar-refractivity contribution in [3.8, 4) is 0 Å². The fraction of sp³-hybridized carbons (Fsp3) is 0.579. The third-order valence-electron chi connectivity index (χ3n) is 5.01. The van der Waals surface area contributed by atoms with Gasteiger partial charge in [0.15, 0.2) is 0 Å². The summed E-state index contributed by atoms with van der Waals surface area (Å²) in [5, 5.41) is 8.78. The first-order valence-corrected chi connectivity index (χ1v) is 8.51. The Labute approximate surface area is 138 Å². The van der Waals surface area contributed by atoms with Crippen LogP contribution in [0.15, 0.2) is 24.3 Å². The molecule has 1 N–H and O–H groups in total. The number of amides is 1. The molecule has 0 heterocycles. The van der Waals surface area contributed by atoms with Crippen molar-refractivity contribution in [2.24, 2.45) is 0 Å². The maximum atomic E-state index is 13.2. The number of carboxylic acid groups (broad SMARTS) is 1. The van der Waals surface area contributed by atoms with Crippen LogP contribution in [0.3, 0.4) is 0 Å². The number of carbonyl (C=O) groups is 2. The Kier molecular flexibility index (Phi) is 5.80. The predicted molar refractivity (Wildman–Crippen MR) is 90.4 cm³/mol. The van der Waals surface area contributed by atoms with E-state index in [1.54, 1.807) is 11.9 Å². The van der Waals surface area contributed by atoms with E-state index >= 15 is 0 Å². The smallest absolute Gasteiger partial charge is 0.303 e. The van der Waals surface area contributed by atoms with Crippen LogP contribution in [-0.4, -0.2) is 35.5 Å². The second kappa shape index (κ2) is 7.62. The van der Waals surface area contributed by atoms with Crippen molar-refractivity contribution in [1.82, 2.24) is 4.90 Å². The van der Waals surface area contributed by atoms with Crippen molar-refractivity contribution < 1.29 is 14.7 Å². The number of aryl methyl sites for hydroxylation is 1. The van der Waals surface area contributed by atoms with Gasteiger partial charge in [-0.1, -0.05) is 43.5 Å². The Hall–Kier alpha value is -1.84. The van der Waals surface area contributed by atoms with Gasteiger partial charge in [0, 0.05) is 20.0 Å². The lowest BCUT2D eigenvalue weighted by Crippen LogP contribution is -2.47. The fourth-order valence-electron chi connectivity index (χ4n) is 3.80. The molecule has 1 aromatic carbocycles. The number of hydrogen-bond donors (Lipinski definition) is 1. The Morgan fingerprint density at radius 1 is 1.17 bits per heavy atom. The van der Waals surface area contributed by atoms with Crippen LogP contribution in [0.2, 0.25) is 0 Å². The van der Waals surface area contributed by atoms with Gasteiger partial charge in [-0.05, 0) is 37.3 Å². The highest BCUT2D eigenvalue weighted by atomic mass is 16.4. The molecule has 0 radical (unpaired) electrons. The van der Waals surface area contributed by atoms with Crippen LogP contribution in [0.4, 0.5) is 0 Å². The largest absolute Gasteiger partial charge is 0.481 e. The molecule has 0 saturated heterocycles. The Bertz CT molecular complexity index is 561. The molecule has 1 aliphatic carbocycles. The number of nitrogens with zero attached hydrogens (tertiary/aromatic N) is 1. The van der Waals surface area contributed by atoms with Gasteiger partial charge < -0.3 is 10.0 Å². The maximum absolute atomic E-state index is 13.2. The monoisotopic (exact) mass is 317 g/mol. The van der Waals surface area contributed by atoms with Crippen molar-refractivity contribution in [3.63, 3.8) is 0 Å². The van der Waals surface area contributed by atoms with Crippen molar-refractivity contribution in [2.45, 2.75) is 57.3 Å². The van der Waals surface area contributed by atoms with Crippen LogP contribution in [0, 0.1) is 6.92 Å². The van der Waals surface area contributed by atoms with Crippen LogP contribution in [0.25, 0.3) is 0 Å². The van der Waals surface area contributed by atoms with Crippen molar-refractivity contribution in [3.05, 3.63) is 35.4 Å². The number of carboxylic acids is 1. The van der Waals surface area contributed by atoms with Crippen molar-refractivity contribution in [2.75, 3.05) is 13.6 Å². The zero-order valence-corrected chi connectivity index (χ0v) is 14.2. The second-order valence-corrected chi connectivity index (χ2v) is 6.68. The lowest BCUT2D eigenvalue weighted by atomic mass is 9.67. The number of benzene rings is 1. The van der Waals surface area contributed by atoms with Crippen LogP contribution in [-0.2, 0) is 15.0 Å². The third-order valence-corrected chi connectivity index (χ3v) is 5.01.